The maximum Gasteiger partial charge on any atom is 0.269 e. The molecule has 138 valence electrons. The summed E-state index contributed by atoms with van der Waals surface area (Å²) in [7, 11) is 1.64. The zero-order valence-corrected chi connectivity index (χ0v) is 16.4. The first kappa shape index (κ1) is 17.8. The zero-order chi connectivity index (χ0) is 18.8. The van der Waals surface area contributed by atoms with Crippen molar-refractivity contribution >= 4 is 21.8 Å². The summed E-state index contributed by atoms with van der Waals surface area (Å²) in [6.07, 6.45) is -0.108. The molecule has 0 bridgehead atoms. The molecule has 2 N–H and O–H groups in total. The predicted octanol–water partition coefficient (Wildman–Crippen LogP) is 3.35. The van der Waals surface area contributed by atoms with Crippen LogP contribution in [0.15, 0.2) is 59.1 Å². The number of halogens is 1. The third kappa shape index (κ3) is 3.74. The van der Waals surface area contributed by atoms with Crippen molar-refractivity contribution in [3.63, 3.8) is 0 Å². The van der Waals surface area contributed by atoms with Crippen molar-refractivity contribution in [1.29, 1.82) is 0 Å². The molecule has 1 aliphatic heterocycles. The van der Waals surface area contributed by atoms with E-state index in [0.717, 1.165) is 27.0 Å². The highest BCUT2D eigenvalue weighted by Crippen LogP contribution is 2.25. The molecule has 6 nitrogen and oxygen atoms in total. The van der Waals surface area contributed by atoms with Crippen LogP contribution >= 0.6 is 15.9 Å². The van der Waals surface area contributed by atoms with Gasteiger partial charge in [-0.25, -0.2) is 4.68 Å². The van der Waals surface area contributed by atoms with Gasteiger partial charge in [-0.1, -0.05) is 28.1 Å². The number of fused-ring (bicyclic) bond motifs is 1. The molecule has 0 radical (unpaired) electrons. The monoisotopic (exact) mass is 426 g/mol. The second kappa shape index (κ2) is 7.54. The highest BCUT2D eigenvalue weighted by Gasteiger charge is 2.27. The van der Waals surface area contributed by atoms with Gasteiger partial charge in [0.1, 0.15) is 17.6 Å². The molecule has 0 unspecified atom stereocenters. The highest BCUT2D eigenvalue weighted by atomic mass is 79.9. The first-order valence-electron chi connectivity index (χ1n) is 8.64. The van der Waals surface area contributed by atoms with E-state index in [2.05, 4.69) is 43.8 Å². The van der Waals surface area contributed by atoms with Gasteiger partial charge >= 0.3 is 0 Å². The average Bonchev–Trinajstić information content (AvgIpc) is 3.14. The summed E-state index contributed by atoms with van der Waals surface area (Å²) in [6.45, 7) is 1.17. The van der Waals surface area contributed by atoms with E-state index in [1.165, 1.54) is 0 Å². The molecule has 3 aromatic rings. The zero-order valence-electron chi connectivity index (χ0n) is 14.8. The van der Waals surface area contributed by atoms with Gasteiger partial charge in [-0.15, -0.1) is 0 Å². The van der Waals surface area contributed by atoms with Crippen LogP contribution in [0, 0.1) is 0 Å². The Labute approximate surface area is 165 Å². The molecule has 7 heteroatoms. The molecule has 27 heavy (non-hydrogen) atoms. The number of hydrogen-bond acceptors (Lipinski definition) is 4. The molecule has 1 amide bonds. The molecule has 2 aromatic carbocycles. The maximum atomic E-state index is 12.3. The van der Waals surface area contributed by atoms with E-state index in [4.69, 9.17) is 4.74 Å². The number of methoxy groups -OCH3 is 1. The van der Waals surface area contributed by atoms with Crippen molar-refractivity contribution in [1.82, 2.24) is 20.4 Å². The van der Waals surface area contributed by atoms with Crippen LogP contribution in [-0.2, 0) is 6.54 Å². The Balaban J connectivity index is 1.57. The summed E-state index contributed by atoms with van der Waals surface area (Å²) in [6, 6.07) is 17.6. The van der Waals surface area contributed by atoms with E-state index in [9.17, 15) is 4.79 Å². The number of aromatic nitrogens is 2. The molecule has 0 spiro atoms. The topological polar surface area (TPSA) is 68.2 Å². The van der Waals surface area contributed by atoms with E-state index in [1.807, 2.05) is 42.5 Å². The summed E-state index contributed by atoms with van der Waals surface area (Å²) in [4.78, 5) is 12.3. The quantitative estimate of drug-likeness (QED) is 0.656. The lowest BCUT2D eigenvalue weighted by molar-refractivity contribution is 0.0900. The number of carbonyl (C=O) groups is 1. The van der Waals surface area contributed by atoms with Gasteiger partial charge in [-0.05, 0) is 48.0 Å². The highest BCUT2D eigenvalue weighted by molar-refractivity contribution is 9.10. The van der Waals surface area contributed by atoms with E-state index < -0.39 is 0 Å². The van der Waals surface area contributed by atoms with Crippen LogP contribution in [0.25, 0.3) is 11.3 Å². The second-order valence-corrected chi connectivity index (χ2v) is 7.24. The van der Waals surface area contributed by atoms with E-state index in [1.54, 1.807) is 11.8 Å². The van der Waals surface area contributed by atoms with Crippen LogP contribution in [-0.4, -0.2) is 29.3 Å². The average molecular weight is 427 g/mol. The Morgan fingerprint density at radius 3 is 2.81 bits per heavy atom. The molecule has 2 heterocycles. The fraction of sp³-hybridized carbons (Fsp3) is 0.200. The lowest BCUT2D eigenvalue weighted by atomic mass is 10.1. The van der Waals surface area contributed by atoms with Gasteiger partial charge < -0.3 is 10.1 Å². The van der Waals surface area contributed by atoms with Gasteiger partial charge in [-0.2, -0.15) is 5.10 Å². The van der Waals surface area contributed by atoms with Gasteiger partial charge in [0.05, 0.1) is 19.3 Å². The van der Waals surface area contributed by atoms with Crippen molar-refractivity contribution in [2.24, 2.45) is 0 Å². The number of carbonyl (C=O) groups excluding carboxylic acids is 1. The van der Waals surface area contributed by atoms with Crippen molar-refractivity contribution in [2.75, 3.05) is 13.7 Å². The first-order chi connectivity index (χ1) is 13.1. The molecular weight excluding hydrogens is 408 g/mol. The first-order valence-corrected chi connectivity index (χ1v) is 9.43. The van der Waals surface area contributed by atoms with Crippen LogP contribution in [0.2, 0.25) is 0 Å². The molecule has 1 aliphatic rings. The van der Waals surface area contributed by atoms with Crippen LogP contribution in [0.4, 0.5) is 0 Å². The molecule has 0 fully saturated rings. The second-order valence-electron chi connectivity index (χ2n) is 6.32. The van der Waals surface area contributed by atoms with Crippen LogP contribution in [0.1, 0.15) is 22.2 Å². The summed E-state index contributed by atoms with van der Waals surface area (Å²) >= 11 is 3.49. The number of nitrogens with one attached hydrogen (secondary N) is 2. The third-order valence-corrected chi connectivity index (χ3v) is 5.03. The normalized spacial score (nSPS) is 15.9. The van der Waals surface area contributed by atoms with Crippen molar-refractivity contribution in [3.05, 3.63) is 70.3 Å². The molecular formula is C20H19BrN4O2. The Morgan fingerprint density at radius 2 is 2.07 bits per heavy atom. The Kier molecular flexibility index (Phi) is 4.96. The van der Waals surface area contributed by atoms with Gasteiger partial charge in [-0.3, -0.25) is 10.1 Å². The lowest BCUT2D eigenvalue weighted by Crippen LogP contribution is -2.45. The molecule has 4 rings (SSSR count). The minimum Gasteiger partial charge on any atom is -0.497 e. The predicted molar refractivity (Wildman–Crippen MR) is 107 cm³/mol. The van der Waals surface area contributed by atoms with Crippen molar-refractivity contribution in [2.45, 2.75) is 12.7 Å². The number of hydrogen-bond donors (Lipinski definition) is 2. The Bertz CT molecular complexity index is 968. The van der Waals surface area contributed by atoms with E-state index >= 15 is 0 Å². The fourth-order valence-corrected chi connectivity index (χ4v) is 3.56. The number of benzene rings is 2. The fourth-order valence-electron chi connectivity index (χ4n) is 3.11. The smallest absolute Gasteiger partial charge is 0.269 e. The third-order valence-electron chi connectivity index (χ3n) is 4.54. The van der Waals surface area contributed by atoms with Crippen LogP contribution in [0.5, 0.6) is 5.75 Å². The number of amides is 1. The largest absolute Gasteiger partial charge is 0.497 e. The van der Waals surface area contributed by atoms with Crippen molar-refractivity contribution < 1.29 is 9.53 Å². The van der Waals surface area contributed by atoms with Crippen LogP contribution in [0.3, 0.4) is 0 Å². The van der Waals surface area contributed by atoms with Gasteiger partial charge in [0, 0.05) is 16.6 Å². The van der Waals surface area contributed by atoms with E-state index in [-0.39, 0.29) is 12.1 Å². The lowest BCUT2D eigenvalue weighted by Gasteiger charge is -2.25. The standard InChI is InChI=1S/C20H19BrN4O2/c1-27-16-7-5-14(6-8-16)17-10-18-20(26)23-12-19(25(18)24-17)22-11-13-3-2-4-15(21)9-13/h2-10,19,22H,11-12H2,1H3,(H,23,26)/t19-/m0/s1. The van der Waals surface area contributed by atoms with E-state index in [0.29, 0.717) is 18.8 Å². The minimum atomic E-state index is -0.109. The van der Waals surface area contributed by atoms with Gasteiger partial charge in [0.25, 0.3) is 5.91 Å². The SMILES string of the molecule is COc1ccc(-c2cc3n(n2)[C@H](NCc2cccc(Br)c2)CNC3=O)cc1. The summed E-state index contributed by atoms with van der Waals surface area (Å²) in [5, 5.41) is 11.1. The van der Waals surface area contributed by atoms with Crippen molar-refractivity contribution in [3.8, 4) is 17.0 Å². The molecule has 0 aliphatic carbocycles. The Hall–Kier alpha value is -2.64. The summed E-state index contributed by atoms with van der Waals surface area (Å²) in [5.41, 5.74) is 3.42. The molecule has 0 saturated heterocycles. The number of nitrogens with zero attached hydrogens (tertiary/aromatic N) is 2. The molecule has 0 saturated carbocycles. The number of ether oxygens (including phenoxy) is 1. The molecule has 1 aromatic heterocycles. The van der Waals surface area contributed by atoms with Gasteiger partial charge in [0.15, 0.2) is 0 Å². The molecule has 1 atom stereocenters. The summed E-state index contributed by atoms with van der Waals surface area (Å²) in [5.74, 6) is 0.678. The van der Waals surface area contributed by atoms with Gasteiger partial charge in [0.2, 0.25) is 0 Å². The maximum absolute atomic E-state index is 12.3. The number of rotatable bonds is 5. The van der Waals surface area contributed by atoms with Crippen LogP contribution < -0.4 is 15.4 Å². The minimum absolute atomic E-state index is 0.108. The summed E-state index contributed by atoms with van der Waals surface area (Å²) < 4.78 is 8.02. The Morgan fingerprint density at radius 1 is 1.26 bits per heavy atom.